The fraction of sp³-hybridized carbons (Fsp3) is 0.562. The van der Waals surface area contributed by atoms with E-state index in [0.29, 0.717) is 12.0 Å². The molecule has 0 spiro atoms. The lowest BCUT2D eigenvalue weighted by molar-refractivity contribution is 0.350. The highest BCUT2D eigenvalue weighted by Crippen LogP contribution is 2.52. The minimum absolute atomic E-state index is 0.314. The van der Waals surface area contributed by atoms with Crippen LogP contribution in [0.15, 0.2) is 18.2 Å². The minimum Gasteiger partial charge on any atom is -0.331 e. The van der Waals surface area contributed by atoms with E-state index in [2.05, 4.69) is 36.7 Å². The molecule has 3 nitrogen and oxygen atoms in total. The van der Waals surface area contributed by atoms with Crippen LogP contribution in [0.1, 0.15) is 36.6 Å². The SMILES string of the molecule is Cc1cccc2nc(C3C4CCC(C4)C3N)n(C)c12. The van der Waals surface area contributed by atoms with Crippen LogP contribution in [0, 0.1) is 18.8 Å². The number of nitrogens with two attached hydrogens (primary N) is 1. The molecule has 2 saturated carbocycles. The Kier molecular flexibility index (Phi) is 2.31. The monoisotopic (exact) mass is 255 g/mol. The van der Waals surface area contributed by atoms with Gasteiger partial charge in [0.1, 0.15) is 5.82 Å². The molecule has 2 aliphatic rings. The van der Waals surface area contributed by atoms with Crippen LogP contribution in [0.2, 0.25) is 0 Å². The van der Waals surface area contributed by atoms with Gasteiger partial charge in [-0.25, -0.2) is 4.98 Å². The summed E-state index contributed by atoms with van der Waals surface area (Å²) < 4.78 is 2.29. The molecule has 1 heterocycles. The molecule has 19 heavy (non-hydrogen) atoms. The largest absolute Gasteiger partial charge is 0.331 e. The van der Waals surface area contributed by atoms with Gasteiger partial charge in [0.15, 0.2) is 0 Å². The van der Waals surface area contributed by atoms with Gasteiger partial charge in [-0.1, -0.05) is 12.1 Å². The third-order valence-electron chi connectivity index (χ3n) is 5.41. The fourth-order valence-corrected chi connectivity index (χ4v) is 4.50. The van der Waals surface area contributed by atoms with E-state index in [4.69, 9.17) is 10.7 Å². The Morgan fingerprint density at radius 3 is 2.74 bits per heavy atom. The molecule has 3 heteroatoms. The van der Waals surface area contributed by atoms with E-state index in [0.717, 1.165) is 17.4 Å². The number of nitrogens with zero attached hydrogens (tertiary/aromatic N) is 2. The molecule has 2 N–H and O–H groups in total. The van der Waals surface area contributed by atoms with E-state index in [-0.39, 0.29) is 0 Å². The van der Waals surface area contributed by atoms with E-state index in [1.807, 2.05) is 0 Å². The molecule has 2 fully saturated rings. The number of aryl methyl sites for hydroxylation is 2. The minimum atomic E-state index is 0.314. The molecule has 2 bridgehead atoms. The molecule has 4 atom stereocenters. The van der Waals surface area contributed by atoms with Crippen LogP contribution < -0.4 is 5.73 Å². The average molecular weight is 255 g/mol. The van der Waals surface area contributed by atoms with Crippen molar-refractivity contribution >= 4 is 11.0 Å². The van der Waals surface area contributed by atoms with Gasteiger partial charge in [-0.05, 0) is 49.7 Å². The Bertz CT molecular complexity index is 641. The van der Waals surface area contributed by atoms with Crippen LogP contribution in [0.25, 0.3) is 11.0 Å². The first-order valence-corrected chi connectivity index (χ1v) is 7.34. The van der Waals surface area contributed by atoms with Gasteiger partial charge in [-0.2, -0.15) is 0 Å². The molecular weight excluding hydrogens is 234 g/mol. The summed E-state index contributed by atoms with van der Waals surface area (Å²) in [7, 11) is 2.15. The zero-order valence-corrected chi connectivity index (χ0v) is 11.6. The van der Waals surface area contributed by atoms with Gasteiger partial charge in [0.25, 0.3) is 0 Å². The second-order valence-corrected chi connectivity index (χ2v) is 6.41. The van der Waals surface area contributed by atoms with Gasteiger partial charge in [0.2, 0.25) is 0 Å². The normalized spacial score (nSPS) is 33.4. The number of para-hydroxylation sites is 1. The van der Waals surface area contributed by atoms with Gasteiger partial charge in [-0.15, -0.1) is 0 Å². The summed E-state index contributed by atoms with van der Waals surface area (Å²) in [6.45, 7) is 2.16. The number of fused-ring (bicyclic) bond motifs is 3. The summed E-state index contributed by atoms with van der Waals surface area (Å²) in [6, 6.07) is 6.68. The molecule has 1 aromatic carbocycles. The van der Waals surface area contributed by atoms with Crippen LogP contribution in [0.4, 0.5) is 0 Å². The maximum atomic E-state index is 6.47. The number of rotatable bonds is 1. The predicted molar refractivity (Wildman–Crippen MR) is 77.0 cm³/mol. The van der Waals surface area contributed by atoms with E-state index < -0.39 is 0 Å². The van der Waals surface area contributed by atoms with Gasteiger partial charge in [0, 0.05) is 19.0 Å². The molecule has 0 radical (unpaired) electrons. The third kappa shape index (κ3) is 1.45. The number of hydrogen-bond donors (Lipinski definition) is 1. The fourth-order valence-electron chi connectivity index (χ4n) is 4.50. The maximum Gasteiger partial charge on any atom is 0.114 e. The van der Waals surface area contributed by atoms with Crippen molar-refractivity contribution in [2.24, 2.45) is 24.6 Å². The first-order chi connectivity index (χ1) is 9.16. The average Bonchev–Trinajstić information content (AvgIpc) is 3.04. The van der Waals surface area contributed by atoms with Crippen molar-refractivity contribution < 1.29 is 0 Å². The van der Waals surface area contributed by atoms with Crippen molar-refractivity contribution in [2.45, 2.75) is 38.1 Å². The van der Waals surface area contributed by atoms with E-state index >= 15 is 0 Å². The number of aromatic nitrogens is 2. The van der Waals surface area contributed by atoms with Crippen LogP contribution in [-0.4, -0.2) is 15.6 Å². The molecule has 0 saturated heterocycles. The summed E-state index contributed by atoms with van der Waals surface area (Å²) in [5.74, 6) is 3.17. The van der Waals surface area contributed by atoms with Crippen LogP contribution >= 0.6 is 0 Å². The highest BCUT2D eigenvalue weighted by molar-refractivity contribution is 5.79. The Labute approximate surface area is 113 Å². The number of imidazole rings is 1. The third-order valence-corrected chi connectivity index (χ3v) is 5.41. The molecule has 4 unspecified atom stereocenters. The standard InChI is InChI=1S/C16H21N3/c1-9-4-3-5-12-15(9)19(2)16(18-12)13-10-6-7-11(8-10)14(13)17/h3-5,10-11,13-14H,6-8,17H2,1-2H3. The summed E-state index contributed by atoms with van der Waals surface area (Å²) in [5.41, 5.74) is 10.2. The van der Waals surface area contributed by atoms with E-state index in [1.54, 1.807) is 0 Å². The smallest absolute Gasteiger partial charge is 0.114 e. The van der Waals surface area contributed by atoms with E-state index in [1.165, 1.54) is 36.2 Å². The molecule has 2 aromatic rings. The zero-order chi connectivity index (χ0) is 13.1. The number of benzene rings is 1. The van der Waals surface area contributed by atoms with Crippen molar-refractivity contribution in [1.29, 1.82) is 0 Å². The number of hydrogen-bond acceptors (Lipinski definition) is 2. The van der Waals surface area contributed by atoms with Gasteiger partial charge < -0.3 is 10.3 Å². The van der Waals surface area contributed by atoms with E-state index in [9.17, 15) is 0 Å². The summed E-state index contributed by atoms with van der Waals surface area (Å²) >= 11 is 0. The Hall–Kier alpha value is -1.35. The molecule has 2 aliphatic carbocycles. The van der Waals surface area contributed by atoms with Gasteiger partial charge >= 0.3 is 0 Å². The lowest BCUT2D eigenvalue weighted by atomic mass is 9.84. The second kappa shape index (κ2) is 3.83. The van der Waals surface area contributed by atoms with Crippen molar-refractivity contribution in [3.63, 3.8) is 0 Å². The highest BCUT2D eigenvalue weighted by Gasteiger charge is 2.48. The molecule has 0 amide bonds. The summed E-state index contributed by atoms with van der Waals surface area (Å²) in [6.07, 6.45) is 3.98. The van der Waals surface area contributed by atoms with Gasteiger partial charge in [-0.3, -0.25) is 0 Å². The molecule has 4 rings (SSSR count). The Morgan fingerprint density at radius 2 is 2.05 bits per heavy atom. The predicted octanol–water partition coefficient (Wildman–Crippen LogP) is 2.72. The Morgan fingerprint density at radius 1 is 1.26 bits per heavy atom. The second-order valence-electron chi connectivity index (χ2n) is 6.41. The lowest BCUT2D eigenvalue weighted by Gasteiger charge is -2.27. The summed E-state index contributed by atoms with van der Waals surface area (Å²) in [4.78, 5) is 4.91. The van der Waals surface area contributed by atoms with Gasteiger partial charge in [0.05, 0.1) is 11.0 Å². The zero-order valence-electron chi connectivity index (χ0n) is 11.6. The highest BCUT2D eigenvalue weighted by atomic mass is 15.1. The van der Waals surface area contributed by atoms with Crippen molar-refractivity contribution in [3.05, 3.63) is 29.6 Å². The quantitative estimate of drug-likeness (QED) is 0.851. The van der Waals surface area contributed by atoms with Crippen LogP contribution in [0.5, 0.6) is 0 Å². The maximum absolute atomic E-state index is 6.47. The first kappa shape index (κ1) is 11.5. The van der Waals surface area contributed by atoms with Crippen molar-refractivity contribution in [1.82, 2.24) is 9.55 Å². The Balaban J connectivity index is 1.88. The first-order valence-electron chi connectivity index (χ1n) is 7.34. The molecular formula is C16H21N3. The molecule has 0 aliphatic heterocycles. The topological polar surface area (TPSA) is 43.8 Å². The summed E-state index contributed by atoms with van der Waals surface area (Å²) in [5, 5.41) is 0. The van der Waals surface area contributed by atoms with Crippen molar-refractivity contribution in [3.8, 4) is 0 Å². The van der Waals surface area contributed by atoms with Crippen LogP contribution in [0.3, 0.4) is 0 Å². The van der Waals surface area contributed by atoms with Crippen LogP contribution in [-0.2, 0) is 7.05 Å². The molecule has 1 aromatic heterocycles. The molecule has 100 valence electrons. The van der Waals surface area contributed by atoms with Crippen molar-refractivity contribution in [2.75, 3.05) is 0 Å². The lowest BCUT2D eigenvalue weighted by Crippen LogP contribution is -2.35.